The summed E-state index contributed by atoms with van der Waals surface area (Å²) in [6.07, 6.45) is -12.3. The van der Waals surface area contributed by atoms with Crippen molar-refractivity contribution >= 4 is 42.0 Å². The fourth-order valence-electron chi connectivity index (χ4n) is 0.483. The highest BCUT2D eigenvalue weighted by Crippen LogP contribution is 2.57. The first kappa shape index (κ1) is 17.4. The second kappa shape index (κ2) is 5.19. The van der Waals surface area contributed by atoms with Crippen molar-refractivity contribution in [3.63, 3.8) is 0 Å². The maximum atomic E-state index is 13.0. The highest BCUT2D eigenvalue weighted by molar-refractivity contribution is 8.85. The molecule has 0 heterocycles. The van der Waals surface area contributed by atoms with E-state index in [1.54, 1.807) is 0 Å². The normalized spacial score (nSPS) is 17.9. The van der Waals surface area contributed by atoms with E-state index >= 15 is 0 Å². The zero-order valence-electron chi connectivity index (χ0n) is 6.97. The van der Waals surface area contributed by atoms with E-state index in [4.69, 9.17) is 0 Å². The Balaban J connectivity index is 5.47. The van der Waals surface area contributed by atoms with Crippen LogP contribution in [-0.4, -0.2) is 25.7 Å². The maximum absolute atomic E-state index is 13.0. The molecule has 0 fully saturated rings. The van der Waals surface area contributed by atoms with Gasteiger partial charge in [-0.05, 0) is 21.5 Å². The van der Waals surface area contributed by atoms with Crippen LogP contribution in [0, 0.1) is 0 Å². The molecule has 1 atom stereocenters. The van der Waals surface area contributed by atoms with Crippen molar-refractivity contribution in [2.45, 2.75) is 17.3 Å². The van der Waals surface area contributed by atoms with E-state index in [1.807, 2.05) is 0 Å². The highest BCUT2D eigenvalue weighted by Gasteiger charge is 2.75. The topological polar surface area (TPSA) is 43.4 Å². The first-order valence-electron chi connectivity index (χ1n) is 3.02. The van der Waals surface area contributed by atoms with Crippen LogP contribution in [0.3, 0.4) is 0 Å². The number of rotatable bonds is 5. The first-order valence-corrected chi connectivity index (χ1v) is 7.30. The summed E-state index contributed by atoms with van der Waals surface area (Å²) in [5.74, 6) is 0. The van der Waals surface area contributed by atoms with E-state index < -0.39 is 48.6 Å². The van der Waals surface area contributed by atoms with Gasteiger partial charge in [0.05, 0.1) is 0 Å². The van der Waals surface area contributed by atoms with E-state index in [2.05, 4.69) is 14.9 Å². The lowest BCUT2D eigenvalue weighted by Crippen LogP contribution is -2.54. The Kier molecular flexibility index (Phi) is 5.31. The molecule has 1 unspecified atom stereocenters. The molecule has 0 aliphatic rings. The zero-order chi connectivity index (χ0) is 14.1. The van der Waals surface area contributed by atoms with Crippen molar-refractivity contribution < 1.29 is 42.8 Å². The van der Waals surface area contributed by atoms with Crippen molar-refractivity contribution in [1.29, 1.82) is 0 Å². The molecule has 0 radical (unpaired) electrons. The number of alkyl halides is 6. The van der Waals surface area contributed by atoms with Crippen LogP contribution in [0.4, 0.5) is 30.2 Å². The van der Waals surface area contributed by atoms with Gasteiger partial charge in [-0.2, -0.15) is 34.6 Å². The lowest BCUT2D eigenvalue weighted by molar-refractivity contribution is -0.320. The number of hydrogen-bond acceptors (Lipinski definition) is 5. The molecule has 0 N–H and O–H groups in total. The van der Waals surface area contributed by atoms with Gasteiger partial charge in [-0.15, -0.1) is 0 Å². The highest BCUT2D eigenvalue weighted by atomic mass is 35.7. The van der Waals surface area contributed by atoms with Crippen LogP contribution in [0.25, 0.3) is 0 Å². The predicted molar refractivity (Wildman–Crippen MR) is 47.0 cm³/mol. The van der Waals surface area contributed by atoms with Crippen LogP contribution in [0.1, 0.15) is 0 Å². The maximum Gasteiger partial charge on any atom is 0.442 e. The largest absolute Gasteiger partial charge is 0.442 e. The van der Waals surface area contributed by atoms with Gasteiger partial charge in [-0.3, -0.25) is 0 Å². The third kappa shape index (κ3) is 4.22. The minimum Gasteiger partial charge on any atom is -0.211 e. The Morgan fingerprint density at radius 1 is 1.06 bits per heavy atom. The van der Waals surface area contributed by atoms with Crippen LogP contribution in [0.15, 0.2) is 0 Å². The second-order valence-corrected chi connectivity index (χ2v) is 6.05. The Labute approximate surface area is 102 Å². The lowest BCUT2D eigenvalue weighted by atomic mass is 10.3. The van der Waals surface area contributed by atoms with Crippen LogP contribution in [0.5, 0.6) is 0 Å². The molecule has 0 bridgehead atoms. The summed E-state index contributed by atoms with van der Waals surface area (Å²) >= 11 is 0. The van der Waals surface area contributed by atoms with E-state index in [1.165, 1.54) is 0 Å². The van der Waals surface area contributed by atoms with Crippen molar-refractivity contribution in [1.82, 2.24) is 0 Å². The minimum absolute atomic E-state index is 0.595. The summed E-state index contributed by atoms with van der Waals surface area (Å²) < 4.78 is 108. The average molecular weight is 349 g/mol. The van der Waals surface area contributed by atoms with Crippen molar-refractivity contribution in [3.05, 3.63) is 0 Å². The summed E-state index contributed by atoms with van der Waals surface area (Å²) in [6.45, 7) is 0. The second-order valence-electron chi connectivity index (χ2n) is 2.23. The van der Waals surface area contributed by atoms with Gasteiger partial charge in [-0.25, -0.2) is 4.39 Å². The molecule has 17 heavy (non-hydrogen) atoms. The van der Waals surface area contributed by atoms with Gasteiger partial charge < -0.3 is 0 Å². The van der Waals surface area contributed by atoms with Crippen molar-refractivity contribution in [2.24, 2.45) is 0 Å². The van der Waals surface area contributed by atoms with E-state index in [0.717, 1.165) is 0 Å². The Hall–Kier alpha value is 0.410. The molecule has 104 valence electrons. The molecular formula is C3ClF7O3S3. The van der Waals surface area contributed by atoms with Gasteiger partial charge in [0.25, 0.3) is 0 Å². The SMILES string of the molecule is O=S(=O)(F)OC(F)(F)C(F)(SSCl)C(F)(F)F. The molecule has 0 rings (SSSR count). The molecule has 0 saturated heterocycles. The summed E-state index contributed by atoms with van der Waals surface area (Å²) in [5.41, 5.74) is 0. The molecule has 0 aliphatic carbocycles. The first-order chi connectivity index (χ1) is 7.27. The standard InChI is InChI=1S/C3ClF7O3S3/c4-16-15-1(5,2(6,7)8)3(9,10)14-17(11,12)13. The monoisotopic (exact) mass is 348 g/mol. The lowest BCUT2D eigenvalue weighted by Gasteiger charge is -2.30. The third-order valence-corrected chi connectivity index (χ3v) is 3.70. The molecule has 3 nitrogen and oxygen atoms in total. The Morgan fingerprint density at radius 2 is 1.47 bits per heavy atom. The zero-order valence-corrected chi connectivity index (χ0v) is 10.2. The van der Waals surface area contributed by atoms with Crippen LogP contribution in [0.2, 0.25) is 0 Å². The molecule has 14 heteroatoms. The molecule has 0 aromatic heterocycles. The molecule has 0 aliphatic heterocycles. The fraction of sp³-hybridized carbons (Fsp3) is 1.00. The van der Waals surface area contributed by atoms with Crippen molar-refractivity contribution in [3.8, 4) is 0 Å². The van der Waals surface area contributed by atoms with Gasteiger partial charge in [0.15, 0.2) is 0 Å². The van der Waals surface area contributed by atoms with Gasteiger partial charge in [0.2, 0.25) is 0 Å². The molecule has 0 spiro atoms. The summed E-state index contributed by atoms with van der Waals surface area (Å²) in [4.78, 5) is 0. The van der Waals surface area contributed by atoms with E-state index in [0.29, 0.717) is 0 Å². The minimum atomic E-state index is -6.50. The summed E-state index contributed by atoms with van der Waals surface area (Å²) in [6, 6.07) is 0. The van der Waals surface area contributed by atoms with Crippen molar-refractivity contribution in [2.75, 3.05) is 0 Å². The Bertz CT molecular complexity index is 368. The van der Waals surface area contributed by atoms with Gasteiger partial charge in [0.1, 0.15) is 0 Å². The molecule has 0 amide bonds. The van der Waals surface area contributed by atoms with Crippen LogP contribution in [-0.2, 0) is 14.7 Å². The van der Waals surface area contributed by atoms with E-state index in [9.17, 15) is 38.6 Å². The third-order valence-electron chi connectivity index (χ3n) is 1.09. The molecular weight excluding hydrogens is 349 g/mol. The smallest absolute Gasteiger partial charge is 0.211 e. The van der Waals surface area contributed by atoms with Gasteiger partial charge >= 0.3 is 27.8 Å². The number of halogens is 8. The quantitative estimate of drug-likeness (QED) is 0.432. The van der Waals surface area contributed by atoms with E-state index in [-0.39, 0.29) is 0 Å². The fourth-order valence-corrected chi connectivity index (χ4v) is 2.84. The summed E-state index contributed by atoms with van der Waals surface area (Å²) in [7, 11) is -3.80. The van der Waals surface area contributed by atoms with Crippen LogP contribution < -0.4 is 0 Å². The molecule has 0 saturated carbocycles. The molecule has 0 aromatic rings. The van der Waals surface area contributed by atoms with Gasteiger partial charge in [0, 0.05) is 10.0 Å². The van der Waals surface area contributed by atoms with Crippen LogP contribution >= 0.6 is 31.5 Å². The summed E-state index contributed by atoms with van der Waals surface area (Å²) in [5, 5.41) is -5.54. The Morgan fingerprint density at radius 3 is 1.71 bits per heavy atom. The molecule has 0 aromatic carbocycles. The van der Waals surface area contributed by atoms with Gasteiger partial charge in [-0.1, -0.05) is 3.89 Å². The predicted octanol–water partition coefficient (Wildman–Crippen LogP) is 3.57. The number of hydrogen-bond donors (Lipinski definition) is 0. The average Bonchev–Trinajstić information content (AvgIpc) is 1.97.